The fraction of sp³-hybridized carbons (Fsp3) is 0.0870. The van der Waals surface area contributed by atoms with Crippen LogP contribution in [0.3, 0.4) is 0 Å². The molecule has 0 unspecified atom stereocenters. The highest BCUT2D eigenvalue weighted by Crippen LogP contribution is 2.48. The Morgan fingerprint density at radius 1 is 0.968 bits per heavy atom. The van der Waals surface area contributed by atoms with Gasteiger partial charge in [0, 0.05) is 28.8 Å². The van der Waals surface area contributed by atoms with Crippen LogP contribution in [0.1, 0.15) is 12.2 Å². The Balaban J connectivity index is 1.36. The molecule has 0 atom stereocenters. The second-order valence-electron chi connectivity index (χ2n) is 6.87. The quantitative estimate of drug-likeness (QED) is 0.365. The van der Waals surface area contributed by atoms with Crippen molar-refractivity contribution in [3.8, 4) is 0 Å². The van der Waals surface area contributed by atoms with Gasteiger partial charge in [-0.1, -0.05) is 60.0 Å². The van der Waals surface area contributed by atoms with Crippen molar-refractivity contribution in [3.63, 3.8) is 0 Å². The van der Waals surface area contributed by atoms with Gasteiger partial charge in [-0.15, -0.1) is 0 Å². The van der Waals surface area contributed by atoms with Crippen molar-refractivity contribution in [1.82, 2.24) is 4.90 Å². The Labute approximate surface area is 193 Å². The van der Waals surface area contributed by atoms with E-state index in [0.717, 1.165) is 21.2 Å². The molecule has 2 aromatic carbocycles. The van der Waals surface area contributed by atoms with Crippen molar-refractivity contribution in [2.45, 2.75) is 16.2 Å². The molecule has 0 aliphatic carbocycles. The van der Waals surface area contributed by atoms with Crippen molar-refractivity contribution < 1.29 is 14.0 Å². The van der Waals surface area contributed by atoms with Crippen molar-refractivity contribution in [2.75, 3.05) is 11.4 Å². The largest absolute Gasteiger partial charge is 0.465 e. The molecule has 0 saturated carbocycles. The van der Waals surface area contributed by atoms with Crippen LogP contribution in [0.25, 0.3) is 6.08 Å². The molecule has 0 radical (unpaired) electrons. The Morgan fingerprint density at radius 2 is 1.65 bits per heavy atom. The number of carbonyl (C=O) groups excluding carboxylic acids is 2. The van der Waals surface area contributed by atoms with Gasteiger partial charge in [-0.25, -0.2) is 0 Å². The Hall–Kier alpha value is -2.81. The lowest BCUT2D eigenvalue weighted by atomic mass is 10.2. The number of hydrogen-bond donors (Lipinski definition) is 0. The van der Waals surface area contributed by atoms with Gasteiger partial charge in [0.05, 0.1) is 22.5 Å². The van der Waals surface area contributed by atoms with Gasteiger partial charge >= 0.3 is 0 Å². The van der Waals surface area contributed by atoms with Gasteiger partial charge in [0.15, 0.2) is 0 Å². The maximum atomic E-state index is 13.3. The first-order valence-electron chi connectivity index (χ1n) is 9.59. The number of benzene rings is 2. The van der Waals surface area contributed by atoms with Crippen molar-refractivity contribution in [3.05, 3.63) is 77.6 Å². The van der Waals surface area contributed by atoms with Crippen LogP contribution in [-0.2, 0) is 9.59 Å². The van der Waals surface area contributed by atoms with Crippen molar-refractivity contribution in [2.24, 2.45) is 0 Å². The van der Waals surface area contributed by atoms with E-state index < -0.39 is 0 Å². The topological polar surface area (TPSA) is 53.8 Å². The molecule has 1 aromatic heterocycles. The standard InChI is InChI=1S/C23H16N2O3S3/c26-21(11-12-24-22(27)20(31-23(24)29)14-15-6-5-13-28-15)25-16-7-1-3-9-18(16)30-19-10-4-2-8-17(19)25/h1-10,13-14H,11-12H2/b20-14+. The van der Waals surface area contributed by atoms with Crippen LogP contribution in [0.15, 0.2) is 86.0 Å². The number of thiocarbonyl (C=S) groups is 1. The Kier molecular flexibility index (Phi) is 5.43. The summed E-state index contributed by atoms with van der Waals surface area (Å²) in [6, 6.07) is 19.2. The number of hydrogen-bond acceptors (Lipinski definition) is 6. The third-order valence-corrected chi connectivity index (χ3v) is 7.43. The summed E-state index contributed by atoms with van der Waals surface area (Å²) in [5.74, 6) is 0.314. The number of amides is 2. The normalized spacial score (nSPS) is 16.6. The molecule has 2 aliphatic heterocycles. The molecule has 154 valence electrons. The fourth-order valence-electron chi connectivity index (χ4n) is 3.49. The molecule has 31 heavy (non-hydrogen) atoms. The maximum absolute atomic E-state index is 13.3. The van der Waals surface area contributed by atoms with Gasteiger partial charge < -0.3 is 4.42 Å². The highest BCUT2D eigenvalue weighted by molar-refractivity contribution is 8.26. The number of carbonyl (C=O) groups is 2. The predicted molar refractivity (Wildman–Crippen MR) is 127 cm³/mol. The second-order valence-corrected chi connectivity index (χ2v) is 9.62. The van der Waals surface area contributed by atoms with E-state index in [2.05, 4.69) is 0 Å². The van der Waals surface area contributed by atoms with Gasteiger partial charge in [-0.2, -0.15) is 0 Å². The second kappa shape index (κ2) is 8.37. The van der Waals surface area contributed by atoms with Crippen molar-refractivity contribution in [1.29, 1.82) is 0 Å². The first-order chi connectivity index (χ1) is 15.1. The molecule has 0 N–H and O–H groups in total. The number of para-hydroxylation sites is 2. The molecule has 3 aromatic rings. The maximum Gasteiger partial charge on any atom is 0.266 e. The van der Waals surface area contributed by atoms with Gasteiger partial charge in [0.25, 0.3) is 5.91 Å². The molecular weight excluding hydrogens is 448 g/mol. The smallest absolute Gasteiger partial charge is 0.266 e. The molecule has 5 rings (SSSR count). The summed E-state index contributed by atoms with van der Waals surface area (Å²) >= 11 is 8.27. The third kappa shape index (κ3) is 3.82. The van der Waals surface area contributed by atoms with Crippen LogP contribution >= 0.6 is 35.7 Å². The van der Waals surface area contributed by atoms with Crippen LogP contribution in [0, 0.1) is 0 Å². The van der Waals surface area contributed by atoms with Crippen LogP contribution in [0.4, 0.5) is 11.4 Å². The van der Waals surface area contributed by atoms with Crippen LogP contribution < -0.4 is 4.90 Å². The van der Waals surface area contributed by atoms with Gasteiger partial charge in [-0.3, -0.25) is 19.4 Å². The van der Waals surface area contributed by atoms with E-state index in [1.165, 1.54) is 16.7 Å². The van der Waals surface area contributed by atoms with E-state index in [4.69, 9.17) is 16.6 Å². The minimum Gasteiger partial charge on any atom is -0.465 e. The molecular formula is C23H16N2O3S3. The first kappa shape index (κ1) is 20.1. The zero-order valence-corrected chi connectivity index (χ0v) is 18.6. The van der Waals surface area contributed by atoms with Gasteiger partial charge in [0.1, 0.15) is 10.1 Å². The minimum atomic E-state index is -0.200. The number of fused-ring (bicyclic) bond motifs is 2. The van der Waals surface area contributed by atoms with Gasteiger partial charge in [0.2, 0.25) is 5.91 Å². The Morgan fingerprint density at radius 3 is 2.29 bits per heavy atom. The molecule has 2 aliphatic rings. The lowest BCUT2D eigenvalue weighted by Gasteiger charge is -2.31. The van der Waals surface area contributed by atoms with E-state index in [9.17, 15) is 9.59 Å². The highest BCUT2D eigenvalue weighted by atomic mass is 32.2. The molecule has 2 amide bonds. The van der Waals surface area contributed by atoms with E-state index in [1.54, 1.807) is 41.1 Å². The van der Waals surface area contributed by atoms with E-state index >= 15 is 0 Å². The minimum absolute atomic E-state index is 0.0794. The number of anilines is 2. The summed E-state index contributed by atoms with van der Waals surface area (Å²) in [5, 5.41) is 0. The predicted octanol–water partition coefficient (Wildman–Crippen LogP) is 5.70. The summed E-state index contributed by atoms with van der Waals surface area (Å²) in [6.07, 6.45) is 3.39. The van der Waals surface area contributed by atoms with Crippen LogP contribution in [0.2, 0.25) is 0 Å². The van der Waals surface area contributed by atoms with E-state index in [1.807, 2.05) is 48.5 Å². The summed E-state index contributed by atoms with van der Waals surface area (Å²) < 4.78 is 5.74. The molecule has 0 bridgehead atoms. The summed E-state index contributed by atoms with van der Waals surface area (Å²) in [5.41, 5.74) is 1.72. The monoisotopic (exact) mass is 464 g/mol. The molecule has 5 nitrogen and oxygen atoms in total. The molecule has 1 fully saturated rings. The average molecular weight is 465 g/mol. The SMILES string of the molecule is O=C1/C(=C\c2ccco2)SC(=S)N1CCC(=O)N1c2ccccc2Sc2ccccc21. The number of thioether (sulfide) groups is 1. The summed E-state index contributed by atoms with van der Waals surface area (Å²) in [6.45, 7) is 0.229. The molecule has 3 heterocycles. The summed E-state index contributed by atoms with van der Waals surface area (Å²) in [4.78, 5) is 31.9. The van der Waals surface area contributed by atoms with Crippen molar-refractivity contribution >= 4 is 69.3 Å². The highest BCUT2D eigenvalue weighted by Gasteiger charge is 2.34. The molecule has 8 heteroatoms. The summed E-state index contributed by atoms with van der Waals surface area (Å²) in [7, 11) is 0. The van der Waals surface area contributed by atoms with Gasteiger partial charge in [-0.05, 0) is 36.4 Å². The zero-order valence-electron chi connectivity index (χ0n) is 16.2. The molecule has 1 saturated heterocycles. The lowest BCUT2D eigenvalue weighted by molar-refractivity contribution is -0.123. The third-order valence-electron chi connectivity index (χ3n) is 4.92. The Bertz CT molecular complexity index is 1170. The number of rotatable bonds is 4. The van der Waals surface area contributed by atoms with E-state index in [-0.39, 0.29) is 24.8 Å². The fourth-order valence-corrected chi connectivity index (χ4v) is 5.83. The molecule has 0 spiro atoms. The number of nitrogens with zero attached hydrogens (tertiary/aromatic N) is 2. The lowest BCUT2D eigenvalue weighted by Crippen LogP contribution is -2.35. The first-order valence-corrected chi connectivity index (χ1v) is 11.6. The number of furan rings is 1. The van der Waals surface area contributed by atoms with Crippen LogP contribution in [0.5, 0.6) is 0 Å². The average Bonchev–Trinajstić information content (AvgIpc) is 3.38. The van der Waals surface area contributed by atoms with E-state index in [0.29, 0.717) is 15.0 Å². The van der Waals surface area contributed by atoms with Crippen LogP contribution in [-0.4, -0.2) is 27.6 Å². The zero-order chi connectivity index (χ0) is 21.4.